The van der Waals surface area contributed by atoms with Crippen LogP contribution in [-0.4, -0.2) is 19.1 Å². The van der Waals surface area contributed by atoms with E-state index in [9.17, 15) is 0 Å². The molecule has 5 nitrogen and oxygen atoms in total. The Morgan fingerprint density at radius 2 is 1.08 bits per heavy atom. The van der Waals surface area contributed by atoms with Crippen molar-refractivity contribution >= 4 is 65.6 Å². The first-order valence-electron chi connectivity index (χ1n) is 17.2. The number of benzene rings is 7. The molecule has 11 aromatic rings. The first kappa shape index (κ1) is 27.9. The van der Waals surface area contributed by atoms with Gasteiger partial charge in [-0.1, -0.05) is 109 Å². The molecule has 0 fully saturated rings. The highest BCUT2D eigenvalue weighted by atomic mass is 16.3. The molecule has 0 N–H and O–H groups in total. The van der Waals surface area contributed by atoms with Gasteiger partial charge < -0.3 is 8.98 Å². The van der Waals surface area contributed by atoms with Crippen LogP contribution in [0, 0.1) is 0 Å². The Bertz CT molecular complexity index is 3130. The third-order valence-corrected chi connectivity index (χ3v) is 10.1. The molecule has 0 aliphatic heterocycles. The zero-order valence-electron chi connectivity index (χ0n) is 27.4. The van der Waals surface area contributed by atoms with E-state index in [2.05, 4.69) is 143 Å². The maximum Gasteiger partial charge on any atom is 0.162 e. The number of hydrogen-bond donors (Lipinski definition) is 0. The molecule has 0 aliphatic carbocycles. The molecular formula is C46H28N4O. The average Bonchev–Trinajstić information content (AvgIpc) is 3.86. The fourth-order valence-electron chi connectivity index (χ4n) is 7.90. The minimum absolute atomic E-state index is 0.672. The van der Waals surface area contributed by atoms with Crippen molar-refractivity contribution in [3.63, 3.8) is 0 Å². The molecule has 0 spiro atoms. The first-order chi connectivity index (χ1) is 25.3. The van der Waals surface area contributed by atoms with Gasteiger partial charge >= 0.3 is 0 Å². The van der Waals surface area contributed by atoms with Crippen LogP contribution in [0.2, 0.25) is 0 Å². The molecular weight excluding hydrogens is 625 g/mol. The van der Waals surface area contributed by atoms with Crippen LogP contribution in [0.5, 0.6) is 0 Å². The SMILES string of the molecule is c1ccc(-c2nc(-c3ccc4oc5ccccc5c4c3)cc(-n3c4ccccc4c4c3ccc3c5ccccc5n(-c5ccccc5)c34)n2)cc1. The molecule has 0 unspecified atom stereocenters. The lowest BCUT2D eigenvalue weighted by molar-refractivity contribution is 0.669. The fourth-order valence-corrected chi connectivity index (χ4v) is 7.90. The topological polar surface area (TPSA) is 48.8 Å². The van der Waals surface area contributed by atoms with Crippen molar-refractivity contribution in [3.8, 4) is 34.2 Å². The normalized spacial score (nSPS) is 11.9. The Morgan fingerprint density at radius 3 is 1.90 bits per heavy atom. The van der Waals surface area contributed by atoms with E-state index in [0.29, 0.717) is 5.82 Å². The summed E-state index contributed by atoms with van der Waals surface area (Å²) in [6.07, 6.45) is 0. The maximum absolute atomic E-state index is 6.18. The van der Waals surface area contributed by atoms with Crippen LogP contribution in [0.4, 0.5) is 0 Å². The Morgan fingerprint density at radius 1 is 0.412 bits per heavy atom. The molecule has 11 rings (SSSR count). The van der Waals surface area contributed by atoms with Gasteiger partial charge in [0.1, 0.15) is 17.0 Å². The van der Waals surface area contributed by atoms with Gasteiger partial charge in [0.05, 0.1) is 27.8 Å². The van der Waals surface area contributed by atoms with Gasteiger partial charge in [0.2, 0.25) is 0 Å². The Labute approximate surface area is 292 Å². The van der Waals surface area contributed by atoms with Crippen LogP contribution in [0.25, 0.3) is 99.7 Å². The van der Waals surface area contributed by atoms with Crippen LogP contribution in [0.15, 0.2) is 174 Å². The molecule has 0 amide bonds. The summed E-state index contributed by atoms with van der Waals surface area (Å²) in [7, 11) is 0. The number of para-hydroxylation sites is 4. The monoisotopic (exact) mass is 652 g/mol. The molecule has 51 heavy (non-hydrogen) atoms. The lowest BCUT2D eigenvalue weighted by Crippen LogP contribution is -2.02. The Hall–Kier alpha value is -6.98. The van der Waals surface area contributed by atoms with E-state index in [-0.39, 0.29) is 0 Å². The molecule has 0 saturated carbocycles. The highest BCUT2D eigenvalue weighted by Gasteiger charge is 2.22. The van der Waals surface area contributed by atoms with E-state index >= 15 is 0 Å². The van der Waals surface area contributed by atoms with Crippen molar-refractivity contribution in [3.05, 3.63) is 170 Å². The minimum Gasteiger partial charge on any atom is -0.456 e. The van der Waals surface area contributed by atoms with E-state index in [4.69, 9.17) is 14.4 Å². The molecule has 5 heteroatoms. The first-order valence-corrected chi connectivity index (χ1v) is 17.2. The van der Waals surface area contributed by atoms with Crippen LogP contribution in [0.1, 0.15) is 0 Å². The second kappa shape index (κ2) is 10.8. The number of nitrogens with zero attached hydrogens (tertiary/aromatic N) is 4. The van der Waals surface area contributed by atoms with Gasteiger partial charge in [0, 0.05) is 55.2 Å². The van der Waals surface area contributed by atoms with Crippen LogP contribution in [-0.2, 0) is 0 Å². The van der Waals surface area contributed by atoms with Crippen molar-refractivity contribution < 1.29 is 4.42 Å². The van der Waals surface area contributed by atoms with E-state index in [1.54, 1.807) is 0 Å². The standard InChI is InChI=1S/C46H28N4O/c1-3-13-29(14-4-1)46-47-37(30-23-26-42-36(27-30)33-18-9-12-22-41(33)51-42)28-43(48-46)50-39-21-11-8-19-35(39)44-40(50)25-24-34-32-17-7-10-20-38(32)49(45(34)44)31-15-5-2-6-16-31/h1-28H. The predicted molar refractivity (Wildman–Crippen MR) is 209 cm³/mol. The lowest BCUT2D eigenvalue weighted by Gasteiger charge is -2.12. The van der Waals surface area contributed by atoms with Crippen LogP contribution < -0.4 is 0 Å². The quantitative estimate of drug-likeness (QED) is 0.190. The highest BCUT2D eigenvalue weighted by molar-refractivity contribution is 6.26. The van der Waals surface area contributed by atoms with Crippen molar-refractivity contribution in [2.24, 2.45) is 0 Å². The Balaban J connectivity index is 1.24. The maximum atomic E-state index is 6.18. The van der Waals surface area contributed by atoms with Gasteiger partial charge in [-0.3, -0.25) is 4.57 Å². The lowest BCUT2D eigenvalue weighted by atomic mass is 10.1. The summed E-state index contributed by atoms with van der Waals surface area (Å²) in [6.45, 7) is 0. The zero-order valence-corrected chi connectivity index (χ0v) is 27.4. The number of fused-ring (bicyclic) bond motifs is 10. The predicted octanol–water partition coefficient (Wildman–Crippen LogP) is 11.9. The largest absolute Gasteiger partial charge is 0.456 e. The van der Waals surface area contributed by atoms with Gasteiger partial charge in [-0.25, -0.2) is 9.97 Å². The molecule has 0 radical (unpaired) electrons. The molecule has 4 aromatic heterocycles. The smallest absolute Gasteiger partial charge is 0.162 e. The summed E-state index contributed by atoms with van der Waals surface area (Å²) in [5.74, 6) is 1.48. The summed E-state index contributed by atoms with van der Waals surface area (Å²) in [5.41, 5.74) is 10.2. The van der Waals surface area contributed by atoms with E-state index in [1.807, 2.05) is 36.4 Å². The zero-order chi connectivity index (χ0) is 33.5. The molecule has 7 aromatic carbocycles. The minimum atomic E-state index is 0.672. The second-order valence-electron chi connectivity index (χ2n) is 13.0. The summed E-state index contributed by atoms with van der Waals surface area (Å²) in [4.78, 5) is 10.5. The molecule has 0 bridgehead atoms. The third-order valence-electron chi connectivity index (χ3n) is 10.1. The molecule has 4 heterocycles. The summed E-state index contributed by atoms with van der Waals surface area (Å²) in [5, 5.41) is 6.97. The molecule has 0 saturated heterocycles. The third kappa shape index (κ3) is 4.15. The van der Waals surface area contributed by atoms with E-state index < -0.39 is 0 Å². The number of aromatic nitrogens is 4. The van der Waals surface area contributed by atoms with E-state index in [1.165, 1.54) is 32.6 Å². The van der Waals surface area contributed by atoms with Crippen molar-refractivity contribution in [1.29, 1.82) is 0 Å². The molecule has 0 atom stereocenters. The van der Waals surface area contributed by atoms with Gasteiger partial charge in [-0.15, -0.1) is 0 Å². The summed E-state index contributed by atoms with van der Waals surface area (Å²) < 4.78 is 10.9. The van der Waals surface area contributed by atoms with Gasteiger partial charge in [-0.05, 0) is 54.6 Å². The van der Waals surface area contributed by atoms with Gasteiger partial charge in [0.25, 0.3) is 0 Å². The molecule has 238 valence electrons. The van der Waals surface area contributed by atoms with Crippen molar-refractivity contribution in [2.75, 3.05) is 0 Å². The van der Waals surface area contributed by atoms with Crippen molar-refractivity contribution in [1.82, 2.24) is 19.1 Å². The number of hydrogen-bond acceptors (Lipinski definition) is 3. The van der Waals surface area contributed by atoms with Crippen LogP contribution in [0.3, 0.4) is 0 Å². The fraction of sp³-hybridized carbons (Fsp3) is 0. The van der Waals surface area contributed by atoms with Gasteiger partial charge in [-0.2, -0.15) is 0 Å². The summed E-state index contributed by atoms with van der Waals surface area (Å²) >= 11 is 0. The highest BCUT2D eigenvalue weighted by Crippen LogP contribution is 2.42. The van der Waals surface area contributed by atoms with Crippen LogP contribution >= 0.6 is 0 Å². The van der Waals surface area contributed by atoms with E-state index in [0.717, 1.165) is 61.3 Å². The van der Waals surface area contributed by atoms with Gasteiger partial charge in [0.15, 0.2) is 5.82 Å². The molecule has 0 aliphatic rings. The van der Waals surface area contributed by atoms with Crippen molar-refractivity contribution in [2.45, 2.75) is 0 Å². The Kier molecular flexibility index (Phi) is 5.89. The summed E-state index contributed by atoms with van der Waals surface area (Å²) in [6, 6.07) is 59.4. The number of furan rings is 1. The second-order valence-corrected chi connectivity index (χ2v) is 13.0. The average molecular weight is 653 g/mol. The number of rotatable bonds is 4.